The van der Waals surface area contributed by atoms with Crippen LogP contribution in [-0.4, -0.2) is 58.7 Å². The van der Waals surface area contributed by atoms with E-state index >= 15 is 0 Å². The second-order valence-corrected chi connectivity index (χ2v) is 7.86. The molecular formula is C23H26N4O3. The van der Waals surface area contributed by atoms with Crippen molar-refractivity contribution in [1.29, 1.82) is 0 Å². The number of unbranched alkanes of at least 4 members (excludes halogenated alkanes) is 1. The summed E-state index contributed by atoms with van der Waals surface area (Å²) in [7, 11) is 0. The average molecular weight is 406 g/mol. The molecule has 0 atom stereocenters. The Morgan fingerprint density at radius 1 is 0.933 bits per heavy atom. The molecule has 1 N–H and O–H groups in total. The van der Waals surface area contributed by atoms with Crippen LogP contribution >= 0.6 is 0 Å². The van der Waals surface area contributed by atoms with Gasteiger partial charge in [-0.1, -0.05) is 12.1 Å². The lowest BCUT2D eigenvalue weighted by atomic mass is 9.95. The molecule has 3 amide bonds. The number of carbonyl (C=O) groups excluding carboxylic acids is 3. The van der Waals surface area contributed by atoms with Gasteiger partial charge in [-0.3, -0.25) is 24.3 Å². The van der Waals surface area contributed by atoms with Crippen molar-refractivity contribution in [2.75, 3.05) is 31.5 Å². The van der Waals surface area contributed by atoms with Crippen LogP contribution < -0.4 is 5.32 Å². The monoisotopic (exact) mass is 406 g/mol. The number of piperidine rings is 1. The number of hydrogen-bond donors (Lipinski definition) is 1. The number of rotatable bonds is 7. The maximum atomic E-state index is 12.4. The van der Waals surface area contributed by atoms with Gasteiger partial charge in [0.1, 0.15) is 0 Å². The molecule has 0 spiro atoms. The molecule has 0 aliphatic carbocycles. The quantitative estimate of drug-likeness (QED) is 0.565. The summed E-state index contributed by atoms with van der Waals surface area (Å²) in [5.41, 5.74) is 1.80. The molecule has 2 aliphatic heterocycles. The second-order valence-electron chi connectivity index (χ2n) is 7.86. The van der Waals surface area contributed by atoms with Crippen LogP contribution in [-0.2, 0) is 4.79 Å². The Kier molecular flexibility index (Phi) is 6.18. The maximum absolute atomic E-state index is 12.4. The van der Waals surface area contributed by atoms with Crippen molar-refractivity contribution >= 4 is 23.4 Å². The van der Waals surface area contributed by atoms with Gasteiger partial charge in [-0.05, 0) is 69.6 Å². The lowest BCUT2D eigenvalue weighted by Crippen LogP contribution is -2.39. The Hall–Kier alpha value is -3.06. The number of nitrogens with one attached hydrogen (secondary N) is 1. The standard InChI is InChI=1S/C23H26N4O3/c28-21(25-18-7-11-24-12-8-18)17-9-15-26(16-10-17)13-3-4-14-27-22(29)19-5-1-2-6-20(19)23(27)30/h1-2,5-8,11-12,17H,3-4,9-10,13-16H2,(H,24,25,28). The lowest BCUT2D eigenvalue weighted by molar-refractivity contribution is -0.121. The molecule has 2 aliphatic rings. The van der Waals surface area contributed by atoms with E-state index in [-0.39, 0.29) is 23.6 Å². The van der Waals surface area contributed by atoms with Crippen molar-refractivity contribution in [2.45, 2.75) is 25.7 Å². The normalized spacial score (nSPS) is 17.3. The summed E-state index contributed by atoms with van der Waals surface area (Å²) in [6, 6.07) is 10.6. The van der Waals surface area contributed by atoms with Crippen LogP contribution in [0.25, 0.3) is 0 Å². The first-order valence-corrected chi connectivity index (χ1v) is 10.5. The zero-order valence-corrected chi connectivity index (χ0v) is 16.9. The van der Waals surface area contributed by atoms with Gasteiger partial charge < -0.3 is 10.2 Å². The number of hydrogen-bond acceptors (Lipinski definition) is 5. The van der Waals surface area contributed by atoms with E-state index in [1.807, 2.05) is 0 Å². The van der Waals surface area contributed by atoms with Crippen molar-refractivity contribution in [3.8, 4) is 0 Å². The van der Waals surface area contributed by atoms with Gasteiger partial charge in [-0.15, -0.1) is 0 Å². The summed E-state index contributed by atoms with van der Waals surface area (Å²) in [5, 5.41) is 2.96. The van der Waals surface area contributed by atoms with Crippen molar-refractivity contribution in [3.63, 3.8) is 0 Å². The molecular weight excluding hydrogens is 380 g/mol. The number of pyridine rings is 1. The predicted octanol–water partition coefficient (Wildman–Crippen LogP) is 2.81. The molecule has 1 aromatic heterocycles. The Labute approximate surface area is 176 Å². The minimum absolute atomic E-state index is 0.0350. The summed E-state index contributed by atoms with van der Waals surface area (Å²) in [6.45, 7) is 3.15. The molecule has 1 saturated heterocycles. The van der Waals surface area contributed by atoms with Crippen LogP contribution in [0.3, 0.4) is 0 Å². The predicted molar refractivity (Wildman–Crippen MR) is 113 cm³/mol. The Morgan fingerprint density at radius 2 is 1.53 bits per heavy atom. The fourth-order valence-corrected chi connectivity index (χ4v) is 4.15. The molecule has 2 aromatic rings. The van der Waals surface area contributed by atoms with Crippen molar-refractivity contribution in [3.05, 3.63) is 59.9 Å². The van der Waals surface area contributed by atoms with Crippen LogP contribution in [0.5, 0.6) is 0 Å². The Bertz CT molecular complexity index is 888. The SMILES string of the molecule is O=C(Nc1ccncc1)C1CCN(CCCCN2C(=O)c3ccccc3C2=O)CC1. The number of fused-ring (bicyclic) bond motifs is 1. The molecule has 0 saturated carbocycles. The number of anilines is 1. The molecule has 1 fully saturated rings. The molecule has 0 bridgehead atoms. The molecule has 1 aromatic carbocycles. The summed E-state index contributed by atoms with van der Waals surface area (Å²) >= 11 is 0. The number of imide groups is 1. The molecule has 30 heavy (non-hydrogen) atoms. The highest BCUT2D eigenvalue weighted by molar-refractivity contribution is 6.21. The molecule has 0 radical (unpaired) electrons. The van der Waals surface area contributed by atoms with E-state index in [0.717, 1.165) is 51.0 Å². The topological polar surface area (TPSA) is 82.6 Å². The van der Waals surface area contributed by atoms with E-state index in [1.165, 1.54) is 4.90 Å². The minimum atomic E-state index is -0.184. The summed E-state index contributed by atoms with van der Waals surface area (Å²) < 4.78 is 0. The highest BCUT2D eigenvalue weighted by Gasteiger charge is 2.34. The van der Waals surface area contributed by atoms with Gasteiger partial charge in [-0.25, -0.2) is 0 Å². The number of benzene rings is 1. The number of aromatic nitrogens is 1. The summed E-state index contributed by atoms with van der Waals surface area (Å²) in [4.78, 5) is 44.9. The van der Waals surface area contributed by atoms with Crippen LogP contribution in [0.1, 0.15) is 46.4 Å². The number of carbonyl (C=O) groups is 3. The lowest BCUT2D eigenvalue weighted by Gasteiger charge is -2.31. The van der Waals surface area contributed by atoms with Crippen molar-refractivity contribution in [1.82, 2.24) is 14.8 Å². The smallest absolute Gasteiger partial charge is 0.261 e. The highest BCUT2D eigenvalue weighted by Crippen LogP contribution is 2.23. The van der Waals surface area contributed by atoms with Gasteiger partial charge in [0.2, 0.25) is 5.91 Å². The fraction of sp³-hybridized carbons (Fsp3) is 0.391. The van der Waals surface area contributed by atoms with Gasteiger partial charge in [0.25, 0.3) is 11.8 Å². The van der Waals surface area contributed by atoms with E-state index in [1.54, 1.807) is 48.8 Å². The van der Waals surface area contributed by atoms with Crippen LogP contribution in [0, 0.1) is 5.92 Å². The largest absolute Gasteiger partial charge is 0.326 e. The third-order valence-electron chi connectivity index (χ3n) is 5.89. The summed E-state index contributed by atoms with van der Waals surface area (Å²) in [6.07, 6.45) is 6.72. The van der Waals surface area contributed by atoms with Gasteiger partial charge in [0.05, 0.1) is 11.1 Å². The van der Waals surface area contributed by atoms with Gasteiger partial charge in [0, 0.05) is 30.5 Å². The highest BCUT2D eigenvalue weighted by atomic mass is 16.2. The van der Waals surface area contributed by atoms with E-state index in [4.69, 9.17) is 0 Å². The molecule has 3 heterocycles. The van der Waals surface area contributed by atoms with Crippen molar-refractivity contribution in [2.24, 2.45) is 5.92 Å². The van der Waals surface area contributed by atoms with Crippen molar-refractivity contribution < 1.29 is 14.4 Å². The van der Waals surface area contributed by atoms with E-state index < -0.39 is 0 Å². The number of likely N-dealkylation sites (tertiary alicyclic amines) is 1. The first kappa shape index (κ1) is 20.2. The Balaban J connectivity index is 1.16. The second kappa shape index (κ2) is 9.17. The van der Waals surface area contributed by atoms with Crippen LogP contribution in [0.4, 0.5) is 5.69 Å². The third kappa shape index (κ3) is 4.41. The van der Waals surface area contributed by atoms with Gasteiger partial charge in [0.15, 0.2) is 0 Å². The van der Waals surface area contributed by atoms with E-state index in [2.05, 4.69) is 15.2 Å². The average Bonchev–Trinajstić information content (AvgIpc) is 3.02. The van der Waals surface area contributed by atoms with Crippen LogP contribution in [0.2, 0.25) is 0 Å². The zero-order chi connectivity index (χ0) is 20.9. The number of nitrogens with zero attached hydrogens (tertiary/aromatic N) is 3. The molecule has 7 heteroatoms. The molecule has 4 rings (SSSR count). The maximum Gasteiger partial charge on any atom is 0.261 e. The molecule has 7 nitrogen and oxygen atoms in total. The van der Waals surface area contributed by atoms with E-state index in [9.17, 15) is 14.4 Å². The zero-order valence-electron chi connectivity index (χ0n) is 16.9. The summed E-state index contributed by atoms with van der Waals surface area (Å²) in [5.74, 6) is -0.257. The number of amides is 3. The fourth-order valence-electron chi connectivity index (χ4n) is 4.15. The minimum Gasteiger partial charge on any atom is -0.326 e. The first-order valence-electron chi connectivity index (χ1n) is 10.5. The molecule has 156 valence electrons. The Morgan fingerprint density at radius 3 is 2.17 bits per heavy atom. The third-order valence-corrected chi connectivity index (χ3v) is 5.89. The molecule has 0 unspecified atom stereocenters. The van der Waals surface area contributed by atoms with Gasteiger partial charge >= 0.3 is 0 Å². The first-order chi connectivity index (χ1) is 14.6. The van der Waals surface area contributed by atoms with Crippen LogP contribution in [0.15, 0.2) is 48.8 Å². The van der Waals surface area contributed by atoms with E-state index in [0.29, 0.717) is 17.7 Å². The van der Waals surface area contributed by atoms with Gasteiger partial charge in [-0.2, -0.15) is 0 Å².